The molecule has 0 aliphatic carbocycles. The third-order valence-corrected chi connectivity index (χ3v) is 3.22. The van der Waals surface area contributed by atoms with Gasteiger partial charge in [-0.05, 0) is 18.6 Å². The fourth-order valence-electron chi connectivity index (χ4n) is 2.02. The van der Waals surface area contributed by atoms with Crippen LogP contribution < -0.4 is 15.2 Å². The molecule has 1 aromatic heterocycles. The van der Waals surface area contributed by atoms with Crippen molar-refractivity contribution in [3.05, 3.63) is 42.2 Å². The molecule has 0 radical (unpaired) electrons. The fraction of sp³-hybridized carbons (Fsp3) is 0.400. The van der Waals surface area contributed by atoms with E-state index in [1.165, 1.54) is 0 Å². The van der Waals surface area contributed by atoms with Crippen LogP contribution in [0.5, 0.6) is 11.5 Å². The van der Waals surface area contributed by atoms with Gasteiger partial charge in [-0.3, -0.25) is 4.68 Å². The Morgan fingerprint density at radius 3 is 2.70 bits per heavy atom. The lowest BCUT2D eigenvalue weighted by molar-refractivity contribution is 0.170. The van der Waals surface area contributed by atoms with Crippen molar-refractivity contribution in [3.63, 3.8) is 0 Å². The molecule has 108 valence electrons. The van der Waals surface area contributed by atoms with Crippen molar-refractivity contribution in [3.8, 4) is 11.5 Å². The maximum absolute atomic E-state index is 6.18. The molecule has 5 nitrogen and oxygen atoms in total. The van der Waals surface area contributed by atoms with Gasteiger partial charge in [-0.25, -0.2) is 0 Å². The number of aryl methyl sites for hydroxylation is 1. The van der Waals surface area contributed by atoms with E-state index in [9.17, 15) is 0 Å². The number of rotatable bonds is 6. The summed E-state index contributed by atoms with van der Waals surface area (Å²) in [4.78, 5) is 0. The van der Waals surface area contributed by atoms with E-state index in [4.69, 9.17) is 15.2 Å². The molecule has 1 aromatic carbocycles. The summed E-state index contributed by atoms with van der Waals surface area (Å²) in [6.45, 7) is 2.04. The molecule has 2 rings (SSSR count). The average molecular weight is 275 g/mol. The summed E-state index contributed by atoms with van der Waals surface area (Å²) < 4.78 is 13.0. The summed E-state index contributed by atoms with van der Waals surface area (Å²) in [7, 11) is 3.51. The van der Waals surface area contributed by atoms with Gasteiger partial charge in [-0.15, -0.1) is 0 Å². The quantitative estimate of drug-likeness (QED) is 0.878. The van der Waals surface area contributed by atoms with Gasteiger partial charge in [-0.2, -0.15) is 5.10 Å². The van der Waals surface area contributed by atoms with E-state index >= 15 is 0 Å². The second kappa shape index (κ2) is 6.43. The van der Waals surface area contributed by atoms with E-state index in [0.29, 0.717) is 0 Å². The van der Waals surface area contributed by atoms with Crippen molar-refractivity contribution in [2.75, 3.05) is 7.11 Å². The Morgan fingerprint density at radius 2 is 2.10 bits per heavy atom. The van der Waals surface area contributed by atoms with E-state index in [1.807, 2.05) is 44.4 Å². The first kappa shape index (κ1) is 14.4. The number of hydrogen-bond donors (Lipinski definition) is 1. The normalized spacial score (nSPS) is 13.8. The maximum atomic E-state index is 6.18. The summed E-state index contributed by atoms with van der Waals surface area (Å²) in [5.74, 6) is 1.50. The highest BCUT2D eigenvalue weighted by molar-refractivity contribution is 5.33. The van der Waals surface area contributed by atoms with Crippen molar-refractivity contribution >= 4 is 0 Å². The van der Waals surface area contributed by atoms with E-state index in [-0.39, 0.29) is 12.1 Å². The number of benzene rings is 1. The maximum Gasteiger partial charge on any atom is 0.142 e. The number of nitrogens with two attached hydrogens (primary N) is 1. The molecule has 0 saturated carbocycles. The van der Waals surface area contributed by atoms with Crippen molar-refractivity contribution < 1.29 is 9.47 Å². The summed E-state index contributed by atoms with van der Waals surface area (Å²) in [6, 6.07) is 7.43. The molecule has 0 spiro atoms. The molecule has 20 heavy (non-hydrogen) atoms. The van der Waals surface area contributed by atoms with Gasteiger partial charge < -0.3 is 15.2 Å². The van der Waals surface area contributed by atoms with Crippen LogP contribution >= 0.6 is 0 Å². The van der Waals surface area contributed by atoms with Gasteiger partial charge in [0.05, 0.1) is 13.3 Å². The Balaban J connectivity index is 2.23. The highest BCUT2D eigenvalue weighted by Gasteiger charge is 2.22. The fourth-order valence-corrected chi connectivity index (χ4v) is 2.02. The zero-order valence-electron chi connectivity index (χ0n) is 12.1. The lowest BCUT2D eigenvalue weighted by Crippen LogP contribution is -2.31. The molecular formula is C15H21N3O2. The average Bonchev–Trinajstić information content (AvgIpc) is 2.90. The van der Waals surface area contributed by atoms with Crippen molar-refractivity contribution in [1.82, 2.24) is 9.78 Å². The van der Waals surface area contributed by atoms with Crippen molar-refractivity contribution in [1.29, 1.82) is 0 Å². The van der Waals surface area contributed by atoms with Gasteiger partial charge in [0.25, 0.3) is 0 Å². The SMILES string of the molecule is CCC(N)C(Oc1cccc(OC)c1)c1cnn(C)c1. The Labute approximate surface area is 119 Å². The molecule has 2 N–H and O–H groups in total. The van der Waals surface area contributed by atoms with Crippen LogP contribution in [-0.2, 0) is 7.05 Å². The monoisotopic (exact) mass is 275 g/mol. The lowest BCUT2D eigenvalue weighted by atomic mass is 10.0. The van der Waals surface area contributed by atoms with Gasteiger partial charge in [-0.1, -0.05) is 13.0 Å². The Bertz CT molecular complexity index is 554. The molecule has 0 bridgehead atoms. The smallest absolute Gasteiger partial charge is 0.142 e. The van der Waals surface area contributed by atoms with Gasteiger partial charge in [0.15, 0.2) is 0 Å². The van der Waals surface area contributed by atoms with E-state index in [0.717, 1.165) is 23.5 Å². The third kappa shape index (κ3) is 3.30. The molecule has 2 aromatic rings. The van der Waals surface area contributed by atoms with Crippen LogP contribution in [-0.4, -0.2) is 22.9 Å². The predicted octanol–water partition coefficient (Wildman–Crippen LogP) is 2.29. The summed E-state index contributed by atoms with van der Waals surface area (Å²) in [5, 5.41) is 4.19. The standard InChI is InChI=1S/C15H21N3O2/c1-4-14(16)15(11-9-17-18(2)10-11)20-13-7-5-6-12(8-13)19-3/h5-10,14-15H,4,16H2,1-3H3. The van der Waals surface area contributed by atoms with E-state index in [1.54, 1.807) is 18.0 Å². The summed E-state index contributed by atoms with van der Waals surface area (Å²) >= 11 is 0. The highest BCUT2D eigenvalue weighted by Crippen LogP contribution is 2.27. The molecule has 0 aliphatic heterocycles. The second-order valence-electron chi connectivity index (χ2n) is 4.74. The Morgan fingerprint density at radius 1 is 1.35 bits per heavy atom. The van der Waals surface area contributed by atoms with Crippen LogP contribution in [0.4, 0.5) is 0 Å². The minimum Gasteiger partial charge on any atom is -0.497 e. The lowest BCUT2D eigenvalue weighted by Gasteiger charge is -2.23. The van der Waals surface area contributed by atoms with Crippen LogP contribution in [0, 0.1) is 0 Å². The van der Waals surface area contributed by atoms with Crippen LogP contribution in [0.25, 0.3) is 0 Å². The zero-order chi connectivity index (χ0) is 14.5. The summed E-state index contributed by atoms with van der Waals surface area (Å²) in [6.07, 6.45) is 4.32. The molecule has 1 heterocycles. The van der Waals surface area contributed by atoms with Gasteiger partial charge >= 0.3 is 0 Å². The number of aromatic nitrogens is 2. The number of methoxy groups -OCH3 is 1. The molecule has 0 fully saturated rings. The molecule has 0 amide bonds. The molecule has 2 atom stereocenters. The van der Waals surface area contributed by atoms with Gasteiger partial charge in [0.2, 0.25) is 0 Å². The highest BCUT2D eigenvalue weighted by atomic mass is 16.5. The number of hydrogen-bond acceptors (Lipinski definition) is 4. The molecular weight excluding hydrogens is 254 g/mol. The van der Waals surface area contributed by atoms with Gasteiger partial charge in [0, 0.05) is 30.9 Å². The minimum atomic E-state index is -0.221. The number of ether oxygens (including phenoxy) is 2. The largest absolute Gasteiger partial charge is 0.497 e. The first-order valence-electron chi connectivity index (χ1n) is 6.69. The van der Waals surface area contributed by atoms with Crippen LogP contribution in [0.1, 0.15) is 25.0 Å². The summed E-state index contributed by atoms with van der Waals surface area (Å²) in [5.41, 5.74) is 7.16. The number of nitrogens with zero attached hydrogens (tertiary/aromatic N) is 2. The van der Waals surface area contributed by atoms with Crippen LogP contribution in [0.3, 0.4) is 0 Å². The molecule has 0 saturated heterocycles. The van der Waals surface area contributed by atoms with Gasteiger partial charge in [0.1, 0.15) is 17.6 Å². The third-order valence-electron chi connectivity index (χ3n) is 3.22. The molecule has 2 unspecified atom stereocenters. The Kier molecular flexibility index (Phi) is 4.63. The van der Waals surface area contributed by atoms with E-state index < -0.39 is 0 Å². The first-order chi connectivity index (χ1) is 9.63. The Hall–Kier alpha value is -2.01. The zero-order valence-corrected chi connectivity index (χ0v) is 12.1. The molecule has 0 aliphatic rings. The van der Waals surface area contributed by atoms with Crippen LogP contribution in [0.15, 0.2) is 36.7 Å². The van der Waals surface area contributed by atoms with Crippen molar-refractivity contribution in [2.24, 2.45) is 12.8 Å². The topological polar surface area (TPSA) is 62.3 Å². The minimum absolute atomic E-state index is 0.0922. The van der Waals surface area contributed by atoms with Crippen molar-refractivity contribution in [2.45, 2.75) is 25.5 Å². The second-order valence-corrected chi connectivity index (χ2v) is 4.74. The van der Waals surface area contributed by atoms with Crippen LogP contribution in [0.2, 0.25) is 0 Å². The molecule has 5 heteroatoms. The van der Waals surface area contributed by atoms with E-state index in [2.05, 4.69) is 5.10 Å². The first-order valence-corrected chi connectivity index (χ1v) is 6.69. The predicted molar refractivity (Wildman–Crippen MR) is 77.8 cm³/mol.